The Balaban J connectivity index is 2.33. The Morgan fingerprint density at radius 3 is 2.20 bits per heavy atom. The van der Waals surface area contributed by atoms with Crippen molar-refractivity contribution in [1.29, 1.82) is 0 Å². The fourth-order valence-corrected chi connectivity index (χ4v) is 4.97. The van der Waals surface area contributed by atoms with Gasteiger partial charge in [0.1, 0.15) is 0 Å². The van der Waals surface area contributed by atoms with Crippen molar-refractivity contribution in [3.8, 4) is 0 Å². The molecule has 1 saturated heterocycles. The first kappa shape index (κ1) is 15.8. The average Bonchev–Trinajstić information content (AvgIpc) is 2.73. The minimum Gasteiger partial charge on any atom is -0.361 e. The molecule has 2 heterocycles. The molecule has 0 spiro atoms. The van der Waals surface area contributed by atoms with E-state index in [2.05, 4.69) is 45.6 Å². The molecule has 20 heavy (non-hydrogen) atoms. The van der Waals surface area contributed by atoms with E-state index in [0.717, 1.165) is 0 Å². The first-order valence-corrected chi connectivity index (χ1v) is 9.83. The third-order valence-corrected chi connectivity index (χ3v) is 6.98. The molecule has 0 unspecified atom stereocenters. The van der Waals surface area contributed by atoms with E-state index >= 15 is 0 Å². The van der Waals surface area contributed by atoms with Crippen molar-refractivity contribution in [3.05, 3.63) is 16.5 Å². The van der Waals surface area contributed by atoms with Gasteiger partial charge in [0.2, 0.25) is 0 Å². The van der Waals surface area contributed by atoms with Gasteiger partial charge in [-0.1, -0.05) is 34.6 Å². The van der Waals surface area contributed by atoms with Gasteiger partial charge in [0.05, 0.1) is 16.5 Å². The zero-order valence-corrected chi connectivity index (χ0v) is 14.7. The first-order chi connectivity index (χ1) is 9.10. The molecule has 5 heteroatoms. The molecule has 1 aromatic heterocycles. The van der Waals surface area contributed by atoms with Crippen LogP contribution in [0.3, 0.4) is 0 Å². The molecule has 0 atom stereocenters. The van der Waals surface area contributed by atoms with Crippen LogP contribution in [0.25, 0.3) is 0 Å². The summed E-state index contributed by atoms with van der Waals surface area (Å²) in [6.07, 6.45) is 0. The van der Waals surface area contributed by atoms with E-state index in [0.29, 0.717) is 19.0 Å². The molecule has 114 valence electrons. The van der Waals surface area contributed by atoms with Gasteiger partial charge in [-0.15, -0.1) is 11.3 Å². The predicted octanol–water partition coefficient (Wildman–Crippen LogP) is 3.40. The second kappa shape index (κ2) is 5.34. The third-order valence-electron chi connectivity index (χ3n) is 3.73. The van der Waals surface area contributed by atoms with Gasteiger partial charge in [-0.25, -0.2) is 8.42 Å². The van der Waals surface area contributed by atoms with Gasteiger partial charge in [-0.2, -0.15) is 0 Å². The summed E-state index contributed by atoms with van der Waals surface area (Å²) in [5.41, 5.74) is 1.51. The molecule has 1 aliphatic heterocycles. The summed E-state index contributed by atoms with van der Waals surface area (Å²) >= 11 is 1.83. The van der Waals surface area contributed by atoms with E-state index in [4.69, 9.17) is 0 Å². The summed E-state index contributed by atoms with van der Waals surface area (Å²) in [6.45, 7) is 12.4. The van der Waals surface area contributed by atoms with Crippen molar-refractivity contribution >= 4 is 26.2 Å². The van der Waals surface area contributed by atoms with Crippen LogP contribution in [0.15, 0.2) is 6.07 Å². The lowest BCUT2D eigenvalue weighted by Gasteiger charge is -2.29. The van der Waals surface area contributed by atoms with E-state index in [1.54, 1.807) is 0 Å². The van der Waals surface area contributed by atoms with Crippen LogP contribution in [-0.4, -0.2) is 33.0 Å². The molecular weight excluding hydrogens is 290 g/mol. The molecule has 3 nitrogen and oxygen atoms in total. The second-order valence-corrected chi connectivity index (χ2v) is 10.2. The Morgan fingerprint density at radius 2 is 1.75 bits per heavy atom. The maximum absolute atomic E-state index is 11.6. The molecular formula is C15H25NO2S2. The van der Waals surface area contributed by atoms with Crippen LogP contribution >= 0.6 is 11.3 Å². The standard InChI is InChI=1S/C15H25NO2S2/c1-11(2)12-10-13(15(3,4)5)19-14(12)16-6-8-20(17,18)9-7-16/h10-11H,6-9H2,1-5H3. The van der Waals surface area contributed by atoms with Gasteiger partial charge in [-0.3, -0.25) is 0 Å². The molecule has 0 aliphatic carbocycles. The Hall–Kier alpha value is -0.550. The van der Waals surface area contributed by atoms with Gasteiger partial charge in [0.15, 0.2) is 9.84 Å². The number of hydrogen-bond acceptors (Lipinski definition) is 4. The number of hydrogen-bond donors (Lipinski definition) is 0. The quantitative estimate of drug-likeness (QED) is 0.839. The molecule has 2 rings (SSSR count). The van der Waals surface area contributed by atoms with Gasteiger partial charge in [0.25, 0.3) is 0 Å². The van der Waals surface area contributed by atoms with Crippen molar-refractivity contribution in [2.24, 2.45) is 0 Å². The van der Waals surface area contributed by atoms with Crippen LogP contribution in [0.4, 0.5) is 5.00 Å². The van der Waals surface area contributed by atoms with Crippen LogP contribution in [0.5, 0.6) is 0 Å². The normalized spacial score (nSPS) is 19.6. The second-order valence-electron chi connectivity index (χ2n) is 6.91. The van der Waals surface area contributed by atoms with E-state index in [-0.39, 0.29) is 16.9 Å². The first-order valence-electron chi connectivity index (χ1n) is 7.20. The highest BCUT2D eigenvalue weighted by atomic mass is 32.2. The van der Waals surface area contributed by atoms with Gasteiger partial charge >= 0.3 is 0 Å². The molecule has 0 radical (unpaired) electrons. The highest BCUT2D eigenvalue weighted by Crippen LogP contribution is 2.41. The smallest absolute Gasteiger partial charge is 0.153 e. The van der Waals surface area contributed by atoms with Crippen LogP contribution in [-0.2, 0) is 15.3 Å². The van der Waals surface area contributed by atoms with Crippen molar-refractivity contribution < 1.29 is 8.42 Å². The number of nitrogens with zero attached hydrogens (tertiary/aromatic N) is 1. The summed E-state index contributed by atoms with van der Waals surface area (Å²) < 4.78 is 23.2. The summed E-state index contributed by atoms with van der Waals surface area (Å²) in [5, 5.41) is 1.28. The lowest BCUT2D eigenvalue weighted by Crippen LogP contribution is -2.40. The largest absolute Gasteiger partial charge is 0.361 e. The van der Waals surface area contributed by atoms with Gasteiger partial charge in [-0.05, 0) is 23.0 Å². The van der Waals surface area contributed by atoms with E-state index in [1.165, 1.54) is 15.4 Å². The Bertz CT molecular complexity index is 566. The van der Waals surface area contributed by atoms with Crippen molar-refractivity contribution in [1.82, 2.24) is 0 Å². The fourth-order valence-electron chi connectivity index (χ4n) is 2.34. The molecule has 1 aliphatic rings. The topological polar surface area (TPSA) is 37.4 Å². The maximum Gasteiger partial charge on any atom is 0.153 e. The predicted molar refractivity (Wildman–Crippen MR) is 88.0 cm³/mol. The SMILES string of the molecule is CC(C)c1cc(C(C)(C)C)sc1N1CCS(=O)(=O)CC1. The highest BCUT2D eigenvalue weighted by molar-refractivity contribution is 7.91. The van der Waals surface area contributed by atoms with Crippen LogP contribution in [0.2, 0.25) is 0 Å². The van der Waals surface area contributed by atoms with Crippen molar-refractivity contribution in [2.75, 3.05) is 29.5 Å². The monoisotopic (exact) mass is 315 g/mol. The number of anilines is 1. The third kappa shape index (κ3) is 3.37. The minimum absolute atomic E-state index is 0.147. The van der Waals surface area contributed by atoms with Crippen LogP contribution in [0.1, 0.15) is 51.0 Å². The zero-order chi connectivity index (χ0) is 15.1. The summed E-state index contributed by atoms with van der Waals surface area (Å²) in [4.78, 5) is 3.64. The highest BCUT2D eigenvalue weighted by Gasteiger charge is 2.27. The average molecular weight is 316 g/mol. The number of thiophene rings is 1. The van der Waals surface area contributed by atoms with Crippen LogP contribution in [0, 0.1) is 0 Å². The van der Waals surface area contributed by atoms with Crippen molar-refractivity contribution in [2.45, 2.75) is 46.0 Å². The lowest BCUT2D eigenvalue weighted by atomic mass is 9.93. The van der Waals surface area contributed by atoms with Crippen molar-refractivity contribution in [3.63, 3.8) is 0 Å². The Morgan fingerprint density at radius 1 is 1.20 bits per heavy atom. The number of sulfone groups is 1. The fraction of sp³-hybridized carbons (Fsp3) is 0.733. The molecule has 0 amide bonds. The molecule has 0 saturated carbocycles. The maximum atomic E-state index is 11.6. The zero-order valence-electron chi connectivity index (χ0n) is 13.1. The molecule has 0 N–H and O–H groups in total. The molecule has 1 fully saturated rings. The van der Waals surface area contributed by atoms with E-state index in [1.807, 2.05) is 11.3 Å². The van der Waals surface area contributed by atoms with Gasteiger partial charge in [0, 0.05) is 18.0 Å². The Kier molecular flexibility index (Phi) is 4.22. The lowest BCUT2D eigenvalue weighted by molar-refractivity contribution is 0.587. The van der Waals surface area contributed by atoms with E-state index in [9.17, 15) is 8.42 Å². The summed E-state index contributed by atoms with van der Waals surface area (Å²) in [5.74, 6) is 1.04. The molecule has 0 bridgehead atoms. The molecule has 1 aromatic rings. The van der Waals surface area contributed by atoms with E-state index < -0.39 is 9.84 Å². The number of rotatable bonds is 2. The Labute approximate surface area is 126 Å². The minimum atomic E-state index is -2.82. The van der Waals surface area contributed by atoms with Gasteiger partial charge < -0.3 is 4.90 Å². The summed E-state index contributed by atoms with van der Waals surface area (Å²) in [7, 11) is -2.82. The van der Waals surface area contributed by atoms with Crippen LogP contribution < -0.4 is 4.90 Å². The summed E-state index contributed by atoms with van der Waals surface area (Å²) in [6, 6.07) is 2.31. The molecule has 0 aromatic carbocycles.